The monoisotopic (exact) mass is 400 g/mol. The Kier molecular flexibility index (Phi) is 5.96. The Balaban J connectivity index is 1.83. The zero-order valence-corrected chi connectivity index (χ0v) is 16.9. The summed E-state index contributed by atoms with van der Waals surface area (Å²) in [6, 6.07) is 11.3. The number of carbonyl (C=O) groups excluding carboxylic acids is 2. The third-order valence-corrected chi connectivity index (χ3v) is 6.97. The summed E-state index contributed by atoms with van der Waals surface area (Å²) in [7, 11) is -3.62. The summed E-state index contributed by atoms with van der Waals surface area (Å²) in [5.41, 5.74) is 1.99. The number of carbonyl (C=O) groups is 2. The van der Waals surface area contributed by atoms with Crippen LogP contribution < -0.4 is 5.32 Å². The summed E-state index contributed by atoms with van der Waals surface area (Å²) in [4.78, 5) is 24.1. The van der Waals surface area contributed by atoms with Gasteiger partial charge in [-0.3, -0.25) is 9.59 Å². The molecule has 148 valence electrons. The van der Waals surface area contributed by atoms with Gasteiger partial charge < -0.3 is 5.32 Å². The van der Waals surface area contributed by atoms with Gasteiger partial charge in [-0.15, -0.1) is 0 Å². The molecule has 0 radical (unpaired) electrons. The van der Waals surface area contributed by atoms with Crippen molar-refractivity contribution in [2.45, 2.75) is 38.0 Å². The highest BCUT2D eigenvalue weighted by molar-refractivity contribution is 7.89. The number of benzene rings is 2. The SMILES string of the molecule is CC(=O)c1ccc(NC(=O)c2ccc(C)c(S(=O)(=O)N3CCCCC3)c2)cc1. The molecule has 0 saturated carbocycles. The number of piperidine rings is 1. The number of sulfonamides is 1. The molecule has 0 atom stereocenters. The quantitative estimate of drug-likeness (QED) is 0.777. The zero-order chi connectivity index (χ0) is 20.3. The Bertz CT molecular complexity index is 992. The third-order valence-electron chi connectivity index (χ3n) is 4.93. The molecule has 0 aromatic heterocycles. The van der Waals surface area contributed by atoms with Gasteiger partial charge in [-0.05, 0) is 68.7 Å². The molecule has 0 bridgehead atoms. The predicted octanol–water partition coefficient (Wildman–Crippen LogP) is 3.62. The van der Waals surface area contributed by atoms with Crippen LogP contribution in [-0.2, 0) is 10.0 Å². The number of ketones is 1. The Hall–Kier alpha value is -2.51. The van der Waals surface area contributed by atoms with E-state index in [4.69, 9.17) is 0 Å². The van der Waals surface area contributed by atoms with Gasteiger partial charge in [0.05, 0.1) is 4.90 Å². The van der Waals surface area contributed by atoms with Gasteiger partial charge in [0.2, 0.25) is 10.0 Å². The number of hydrogen-bond acceptors (Lipinski definition) is 4. The molecule has 2 aromatic carbocycles. The number of amides is 1. The number of hydrogen-bond donors (Lipinski definition) is 1. The number of aryl methyl sites for hydroxylation is 1. The van der Waals surface area contributed by atoms with E-state index in [2.05, 4.69) is 5.32 Å². The molecule has 6 nitrogen and oxygen atoms in total. The van der Waals surface area contributed by atoms with E-state index < -0.39 is 15.9 Å². The maximum absolute atomic E-state index is 13.0. The molecule has 1 fully saturated rings. The van der Waals surface area contributed by atoms with E-state index in [9.17, 15) is 18.0 Å². The lowest BCUT2D eigenvalue weighted by Gasteiger charge is -2.26. The number of rotatable bonds is 5. The van der Waals surface area contributed by atoms with Gasteiger partial charge in [-0.2, -0.15) is 4.31 Å². The molecule has 1 N–H and O–H groups in total. The maximum atomic E-state index is 13.0. The average molecular weight is 401 g/mol. The molecule has 7 heteroatoms. The molecule has 1 saturated heterocycles. The van der Waals surface area contributed by atoms with Crippen LogP contribution in [0, 0.1) is 6.92 Å². The Morgan fingerprint density at radius 3 is 2.14 bits per heavy atom. The summed E-state index contributed by atoms with van der Waals surface area (Å²) >= 11 is 0. The topological polar surface area (TPSA) is 83.5 Å². The van der Waals surface area contributed by atoms with Crippen LogP contribution in [0.1, 0.15) is 52.5 Å². The second kappa shape index (κ2) is 8.24. The van der Waals surface area contributed by atoms with Crippen LogP contribution in [0.15, 0.2) is 47.4 Å². The smallest absolute Gasteiger partial charge is 0.255 e. The van der Waals surface area contributed by atoms with Gasteiger partial charge in [0.25, 0.3) is 5.91 Å². The van der Waals surface area contributed by atoms with E-state index >= 15 is 0 Å². The van der Waals surface area contributed by atoms with Crippen molar-refractivity contribution in [1.82, 2.24) is 4.31 Å². The number of nitrogens with zero attached hydrogens (tertiary/aromatic N) is 1. The van der Waals surface area contributed by atoms with Gasteiger partial charge in [-0.25, -0.2) is 8.42 Å². The number of Topliss-reactive ketones (excluding diaryl/α,β-unsaturated/α-hetero) is 1. The van der Waals surface area contributed by atoms with Crippen molar-refractivity contribution in [2.24, 2.45) is 0 Å². The van der Waals surface area contributed by atoms with Gasteiger partial charge in [-0.1, -0.05) is 12.5 Å². The third kappa shape index (κ3) is 4.31. The van der Waals surface area contributed by atoms with Crippen LogP contribution in [0.5, 0.6) is 0 Å². The molecular formula is C21H24N2O4S. The van der Waals surface area contributed by atoms with Crippen molar-refractivity contribution >= 4 is 27.4 Å². The van der Waals surface area contributed by atoms with Crippen molar-refractivity contribution in [3.63, 3.8) is 0 Å². The lowest BCUT2D eigenvalue weighted by molar-refractivity contribution is 0.101. The zero-order valence-electron chi connectivity index (χ0n) is 16.1. The van der Waals surface area contributed by atoms with Gasteiger partial charge in [0.1, 0.15) is 0 Å². The first-order valence-corrected chi connectivity index (χ1v) is 10.8. The van der Waals surface area contributed by atoms with E-state index in [1.807, 2.05) is 0 Å². The van der Waals surface area contributed by atoms with E-state index in [-0.39, 0.29) is 16.2 Å². The molecular weight excluding hydrogens is 376 g/mol. The van der Waals surface area contributed by atoms with Crippen LogP contribution in [0.3, 0.4) is 0 Å². The van der Waals surface area contributed by atoms with Crippen LogP contribution in [0.4, 0.5) is 5.69 Å². The summed E-state index contributed by atoms with van der Waals surface area (Å²) in [6.07, 6.45) is 2.75. The second-order valence-electron chi connectivity index (χ2n) is 7.03. The molecule has 28 heavy (non-hydrogen) atoms. The molecule has 0 spiro atoms. The van der Waals surface area contributed by atoms with Gasteiger partial charge in [0, 0.05) is 29.9 Å². The molecule has 1 aliphatic rings. The lowest BCUT2D eigenvalue weighted by Crippen LogP contribution is -2.36. The normalized spacial score (nSPS) is 15.2. The number of anilines is 1. The fourth-order valence-electron chi connectivity index (χ4n) is 3.26. The fraction of sp³-hybridized carbons (Fsp3) is 0.333. The van der Waals surface area contributed by atoms with Crippen LogP contribution in [0.25, 0.3) is 0 Å². The Morgan fingerprint density at radius 2 is 1.54 bits per heavy atom. The minimum Gasteiger partial charge on any atom is -0.322 e. The van der Waals surface area contributed by atoms with Gasteiger partial charge in [0.15, 0.2) is 5.78 Å². The summed E-state index contributed by atoms with van der Waals surface area (Å²) in [6.45, 7) is 4.24. The van der Waals surface area contributed by atoms with Crippen molar-refractivity contribution in [1.29, 1.82) is 0 Å². The summed E-state index contributed by atoms with van der Waals surface area (Å²) < 4.78 is 27.5. The van der Waals surface area contributed by atoms with Crippen LogP contribution >= 0.6 is 0 Å². The number of nitrogens with one attached hydrogen (secondary N) is 1. The average Bonchev–Trinajstić information content (AvgIpc) is 2.69. The Labute approximate surface area is 165 Å². The van der Waals surface area contributed by atoms with Crippen molar-refractivity contribution < 1.29 is 18.0 Å². The highest BCUT2D eigenvalue weighted by atomic mass is 32.2. The lowest BCUT2D eigenvalue weighted by atomic mass is 10.1. The van der Waals surface area contributed by atoms with E-state index in [1.165, 1.54) is 17.3 Å². The molecule has 1 amide bonds. The van der Waals surface area contributed by atoms with Crippen molar-refractivity contribution in [3.8, 4) is 0 Å². The first-order chi connectivity index (χ1) is 13.3. The maximum Gasteiger partial charge on any atom is 0.255 e. The molecule has 2 aromatic rings. The first-order valence-electron chi connectivity index (χ1n) is 9.32. The van der Waals surface area contributed by atoms with Crippen LogP contribution in [-0.4, -0.2) is 37.5 Å². The molecule has 1 aliphatic heterocycles. The van der Waals surface area contributed by atoms with Crippen LogP contribution in [0.2, 0.25) is 0 Å². The second-order valence-corrected chi connectivity index (χ2v) is 8.94. The molecule has 0 unspecified atom stereocenters. The van der Waals surface area contributed by atoms with Gasteiger partial charge >= 0.3 is 0 Å². The first kappa shape index (κ1) is 20.2. The molecule has 0 aliphatic carbocycles. The Morgan fingerprint density at radius 1 is 0.929 bits per heavy atom. The standard InChI is InChI=1S/C21H24N2O4S/c1-15-6-7-18(14-20(15)28(26,27)23-12-4-3-5-13-23)21(25)22-19-10-8-17(9-11-19)16(2)24/h6-11,14H,3-5,12-13H2,1-2H3,(H,22,25). The minimum atomic E-state index is -3.62. The predicted molar refractivity (Wildman–Crippen MR) is 108 cm³/mol. The van der Waals surface area contributed by atoms with E-state index in [0.29, 0.717) is 29.9 Å². The van der Waals surface area contributed by atoms with E-state index in [1.54, 1.807) is 43.3 Å². The largest absolute Gasteiger partial charge is 0.322 e. The van der Waals surface area contributed by atoms with E-state index in [0.717, 1.165) is 19.3 Å². The summed E-state index contributed by atoms with van der Waals surface area (Å²) in [5.74, 6) is -0.449. The van der Waals surface area contributed by atoms with Crippen molar-refractivity contribution in [2.75, 3.05) is 18.4 Å². The fourth-order valence-corrected chi connectivity index (χ4v) is 5.02. The van der Waals surface area contributed by atoms with Crippen molar-refractivity contribution in [3.05, 3.63) is 59.2 Å². The minimum absolute atomic E-state index is 0.0519. The molecule has 1 heterocycles. The highest BCUT2D eigenvalue weighted by Crippen LogP contribution is 2.25. The molecule has 3 rings (SSSR count). The highest BCUT2D eigenvalue weighted by Gasteiger charge is 2.28. The summed E-state index contributed by atoms with van der Waals surface area (Å²) in [5, 5.41) is 2.74.